The van der Waals surface area contributed by atoms with Crippen molar-refractivity contribution in [3.63, 3.8) is 0 Å². The Kier molecular flexibility index (Phi) is 5.85. The van der Waals surface area contributed by atoms with E-state index < -0.39 is 15.6 Å². The SMILES string of the molecule is O=S(=O)(Oc1cccc(C2CCCCC2)c1C1CCCCC1)C(F)(F)F. The van der Waals surface area contributed by atoms with Crippen LogP contribution in [-0.2, 0) is 10.1 Å². The minimum absolute atomic E-state index is 0.0697. The maximum absolute atomic E-state index is 12.8. The van der Waals surface area contributed by atoms with Gasteiger partial charge in [-0.1, -0.05) is 50.7 Å². The number of hydrogen-bond donors (Lipinski definition) is 0. The molecule has 7 heteroatoms. The molecular weight excluding hydrogens is 365 g/mol. The van der Waals surface area contributed by atoms with E-state index in [0.29, 0.717) is 5.56 Å². The van der Waals surface area contributed by atoms with E-state index in [-0.39, 0.29) is 17.6 Å². The van der Waals surface area contributed by atoms with Crippen molar-refractivity contribution in [3.05, 3.63) is 29.3 Å². The van der Waals surface area contributed by atoms with E-state index in [4.69, 9.17) is 0 Å². The van der Waals surface area contributed by atoms with Crippen LogP contribution in [0, 0.1) is 0 Å². The molecule has 0 radical (unpaired) electrons. The molecule has 0 atom stereocenters. The van der Waals surface area contributed by atoms with Crippen LogP contribution in [0.1, 0.15) is 87.2 Å². The van der Waals surface area contributed by atoms with Gasteiger partial charge in [-0.15, -0.1) is 0 Å². The molecule has 1 aromatic carbocycles. The lowest BCUT2D eigenvalue weighted by Gasteiger charge is -2.31. The van der Waals surface area contributed by atoms with E-state index in [2.05, 4.69) is 4.18 Å². The largest absolute Gasteiger partial charge is 0.534 e. The second kappa shape index (κ2) is 7.79. The van der Waals surface area contributed by atoms with Crippen LogP contribution in [0.2, 0.25) is 0 Å². The van der Waals surface area contributed by atoms with Gasteiger partial charge in [-0.25, -0.2) is 0 Å². The van der Waals surface area contributed by atoms with E-state index >= 15 is 0 Å². The number of rotatable bonds is 4. The standard InChI is InChI=1S/C19H25F3O3S/c20-19(21,22)26(23,24)25-17-13-7-12-16(14-8-3-1-4-9-14)18(17)15-10-5-2-6-11-15/h7,12-15H,1-6,8-11H2. The van der Waals surface area contributed by atoms with Gasteiger partial charge in [-0.3, -0.25) is 0 Å². The first-order valence-corrected chi connectivity index (χ1v) is 10.8. The number of alkyl halides is 3. The molecule has 2 fully saturated rings. The summed E-state index contributed by atoms with van der Waals surface area (Å²) >= 11 is 0. The molecule has 0 heterocycles. The first-order valence-electron chi connectivity index (χ1n) is 9.43. The van der Waals surface area contributed by atoms with Gasteiger partial charge in [-0.05, 0) is 49.1 Å². The monoisotopic (exact) mass is 390 g/mol. The average molecular weight is 390 g/mol. The van der Waals surface area contributed by atoms with Crippen molar-refractivity contribution in [3.8, 4) is 5.75 Å². The quantitative estimate of drug-likeness (QED) is 0.467. The third kappa shape index (κ3) is 4.18. The zero-order chi connectivity index (χ0) is 18.8. The molecule has 0 amide bonds. The van der Waals surface area contributed by atoms with Crippen molar-refractivity contribution in [2.24, 2.45) is 0 Å². The highest BCUT2D eigenvalue weighted by atomic mass is 32.2. The van der Waals surface area contributed by atoms with Crippen LogP contribution >= 0.6 is 0 Å². The van der Waals surface area contributed by atoms with Crippen LogP contribution in [0.15, 0.2) is 18.2 Å². The van der Waals surface area contributed by atoms with Crippen LogP contribution in [0.5, 0.6) is 5.75 Å². The number of halogens is 3. The lowest BCUT2D eigenvalue weighted by molar-refractivity contribution is -0.0500. The highest BCUT2D eigenvalue weighted by molar-refractivity contribution is 7.88. The van der Waals surface area contributed by atoms with E-state index in [1.54, 1.807) is 6.07 Å². The van der Waals surface area contributed by atoms with Gasteiger partial charge in [0.25, 0.3) is 0 Å². The molecule has 0 aliphatic heterocycles. The first-order chi connectivity index (χ1) is 12.3. The second-order valence-corrected chi connectivity index (χ2v) is 8.95. The summed E-state index contributed by atoms with van der Waals surface area (Å²) in [6.45, 7) is 0. The van der Waals surface area contributed by atoms with Gasteiger partial charge >= 0.3 is 15.6 Å². The van der Waals surface area contributed by atoms with Gasteiger partial charge < -0.3 is 4.18 Å². The molecule has 1 aromatic rings. The van der Waals surface area contributed by atoms with Crippen molar-refractivity contribution < 1.29 is 25.8 Å². The average Bonchev–Trinajstić information content (AvgIpc) is 2.62. The minimum Gasteiger partial charge on any atom is -0.376 e. The van der Waals surface area contributed by atoms with Crippen LogP contribution in [0.3, 0.4) is 0 Å². The van der Waals surface area contributed by atoms with Crippen molar-refractivity contribution in [2.75, 3.05) is 0 Å². The Labute approximate surface area is 153 Å². The molecule has 3 nitrogen and oxygen atoms in total. The molecule has 0 aromatic heterocycles. The Morgan fingerprint density at radius 3 is 1.92 bits per heavy atom. The van der Waals surface area contributed by atoms with Crippen molar-refractivity contribution >= 4 is 10.1 Å². The fraction of sp³-hybridized carbons (Fsp3) is 0.684. The van der Waals surface area contributed by atoms with E-state index in [9.17, 15) is 21.6 Å². The van der Waals surface area contributed by atoms with Gasteiger partial charge in [0.2, 0.25) is 0 Å². The molecule has 26 heavy (non-hydrogen) atoms. The maximum Gasteiger partial charge on any atom is 0.534 e. The van der Waals surface area contributed by atoms with Crippen LogP contribution in [0.4, 0.5) is 13.2 Å². The van der Waals surface area contributed by atoms with Crippen molar-refractivity contribution in [2.45, 2.75) is 81.6 Å². The predicted octanol–water partition coefficient (Wildman–Crippen LogP) is 6.01. The summed E-state index contributed by atoms with van der Waals surface area (Å²) in [6, 6.07) is 4.95. The first kappa shape index (κ1) is 19.5. The second-order valence-electron chi connectivity index (χ2n) is 7.41. The van der Waals surface area contributed by atoms with Crippen LogP contribution in [-0.4, -0.2) is 13.9 Å². The number of benzene rings is 1. The molecule has 2 aliphatic carbocycles. The van der Waals surface area contributed by atoms with E-state index in [0.717, 1.165) is 63.4 Å². The van der Waals surface area contributed by atoms with Gasteiger partial charge in [0.15, 0.2) is 0 Å². The fourth-order valence-corrected chi connectivity index (χ4v) is 4.87. The Morgan fingerprint density at radius 2 is 1.38 bits per heavy atom. The maximum atomic E-state index is 12.8. The fourth-order valence-electron chi connectivity index (χ4n) is 4.40. The van der Waals surface area contributed by atoms with Gasteiger partial charge in [0.1, 0.15) is 5.75 Å². The predicted molar refractivity (Wildman–Crippen MR) is 93.7 cm³/mol. The summed E-state index contributed by atoms with van der Waals surface area (Å²) in [4.78, 5) is 0. The Bertz CT molecular complexity index is 716. The lowest BCUT2D eigenvalue weighted by atomic mass is 9.75. The van der Waals surface area contributed by atoms with Crippen LogP contribution < -0.4 is 4.18 Å². The van der Waals surface area contributed by atoms with Gasteiger partial charge in [0, 0.05) is 5.56 Å². The van der Waals surface area contributed by atoms with E-state index in [1.807, 2.05) is 6.07 Å². The highest BCUT2D eigenvalue weighted by Gasteiger charge is 2.49. The summed E-state index contributed by atoms with van der Waals surface area (Å²) in [7, 11) is -5.66. The normalized spacial score (nSPS) is 20.9. The molecule has 2 aliphatic rings. The summed E-state index contributed by atoms with van der Waals surface area (Å²) in [5.41, 5.74) is -3.73. The summed E-state index contributed by atoms with van der Waals surface area (Å²) in [6.07, 6.45) is 10.2. The third-order valence-corrected chi connectivity index (χ3v) is 6.61. The minimum atomic E-state index is -5.66. The van der Waals surface area contributed by atoms with E-state index in [1.165, 1.54) is 12.5 Å². The molecule has 0 N–H and O–H groups in total. The molecule has 0 bridgehead atoms. The Morgan fingerprint density at radius 1 is 0.846 bits per heavy atom. The highest BCUT2D eigenvalue weighted by Crippen LogP contribution is 2.45. The molecule has 0 saturated heterocycles. The lowest BCUT2D eigenvalue weighted by Crippen LogP contribution is -2.29. The molecule has 0 spiro atoms. The molecule has 2 saturated carbocycles. The van der Waals surface area contributed by atoms with Crippen molar-refractivity contribution in [1.29, 1.82) is 0 Å². The summed E-state index contributed by atoms with van der Waals surface area (Å²) in [5, 5.41) is 0. The van der Waals surface area contributed by atoms with Gasteiger partial charge in [0.05, 0.1) is 0 Å². The molecule has 0 unspecified atom stereocenters. The zero-order valence-corrected chi connectivity index (χ0v) is 15.5. The molecule has 146 valence electrons. The summed E-state index contributed by atoms with van der Waals surface area (Å²) < 4.78 is 66.3. The Hall–Kier alpha value is -1.24. The molecular formula is C19H25F3O3S. The smallest absolute Gasteiger partial charge is 0.376 e. The molecule has 3 rings (SSSR count). The summed E-state index contributed by atoms with van der Waals surface area (Å²) in [5.74, 6) is 0.218. The van der Waals surface area contributed by atoms with Gasteiger partial charge in [-0.2, -0.15) is 21.6 Å². The number of hydrogen-bond acceptors (Lipinski definition) is 3. The van der Waals surface area contributed by atoms with Crippen molar-refractivity contribution in [1.82, 2.24) is 0 Å². The van der Waals surface area contributed by atoms with Crippen LogP contribution in [0.25, 0.3) is 0 Å². The Balaban J connectivity index is 2.02. The third-order valence-electron chi connectivity index (χ3n) is 5.64. The zero-order valence-electron chi connectivity index (χ0n) is 14.7. The topological polar surface area (TPSA) is 43.4 Å².